The summed E-state index contributed by atoms with van der Waals surface area (Å²) in [6.07, 6.45) is 5.12. The lowest BCUT2D eigenvalue weighted by Crippen LogP contribution is -2.07. The van der Waals surface area contributed by atoms with Crippen molar-refractivity contribution < 1.29 is 4.39 Å². The van der Waals surface area contributed by atoms with Crippen LogP contribution in [0.4, 0.5) is 4.39 Å². The lowest BCUT2D eigenvalue weighted by molar-refractivity contribution is 0.625. The molecular formula is C9H7BrFN. The maximum absolute atomic E-state index is 12.6. The average molecular weight is 228 g/mol. The van der Waals surface area contributed by atoms with Crippen molar-refractivity contribution in [2.75, 3.05) is 0 Å². The van der Waals surface area contributed by atoms with E-state index in [1.165, 1.54) is 12.1 Å². The van der Waals surface area contributed by atoms with Gasteiger partial charge in [-0.2, -0.15) is 0 Å². The van der Waals surface area contributed by atoms with E-state index in [2.05, 4.69) is 21.9 Å². The van der Waals surface area contributed by atoms with Gasteiger partial charge in [-0.3, -0.25) is 0 Å². The van der Waals surface area contributed by atoms with Gasteiger partial charge in [-0.05, 0) is 17.7 Å². The first-order valence-electron chi connectivity index (χ1n) is 3.32. The van der Waals surface area contributed by atoms with Crippen molar-refractivity contribution in [1.82, 2.24) is 0 Å². The van der Waals surface area contributed by atoms with Crippen LogP contribution in [-0.2, 0) is 0 Å². The molecule has 2 N–H and O–H groups in total. The van der Waals surface area contributed by atoms with Crippen LogP contribution < -0.4 is 5.73 Å². The molecule has 0 bridgehead atoms. The highest BCUT2D eigenvalue weighted by molar-refractivity contribution is 9.10. The Kier molecular flexibility index (Phi) is 2.85. The lowest BCUT2D eigenvalue weighted by Gasteiger charge is -2.06. The van der Waals surface area contributed by atoms with Gasteiger partial charge in [0.2, 0.25) is 0 Å². The van der Waals surface area contributed by atoms with Gasteiger partial charge >= 0.3 is 0 Å². The molecule has 0 heterocycles. The van der Waals surface area contributed by atoms with Crippen molar-refractivity contribution in [3.8, 4) is 12.3 Å². The number of hydrogen-bond acceptors (Lipinski definition) is 1. The van der Waals surface area contributed by atoms with E-state index in [4.69, 9.17) is 12.2 Å². The molecule has 1 unspecified atom stereocenters. The Morgan fingerprint density at radius 3 is 2.75 bits per heavy atom. The summed E-state index contributed by atoms with van der Waals surface area (Å²) in [5, 5.41) is 0. The summed E-state index contributed by atoms with van der Waals surface area (Å²) in [6, 6.07) is 3.76. The van der Waals surface area contributed by atoms with Crippen LogP contribution in [0, 0.1) is 18.2 Å². The van der Waals surface area contributed by atoms with Crippen LogP contribution >= 0.6 is 15.9 Å². The second-order valence-corrected chi connectivity index (χ2v) is 3.16. The molecule has 62 valence electrons. The molecule has 0 saturated carbocycles. The van der Waals surface area contributed by atoms with E-state index in [9.17, 15) is 4.39 Å². The van der Waals surface area contributed by atoms with Gasteiger partial charge in [0.15, 0.2) is 0 Å². The van der Waals surface area contributed by atoms with Crippen molar-refractivity contribution in [2.24, 2.45) is 5.73 Å². The third-order valence-corrected chi connectivity index (χ3v) is 2.16. The van der Waals surface area contributed by atoms with Crippen LogP contribution in [0.3, 0.4) is 0 Å². The van der Waals surface area contributed by atoms with Crippen LogP contribution in [0.1, 0.15) is 11.6 Å². The average Bonchev–Trinajstić information content (AvgIpc) is 2.03. The largest absolute Gasteiger partial charge is 0.314 e. The zero-order valence-corrected chi connectivity index (χ0v) is 7.81. The second kappa shape index (κ2) is 3.70. The van der Waals surface area contributed by atoms with Gasteiger partial charge in [0, 0.05) is 4.47 Å². The Hall–Kier alpha value is -0.850. The van der Waals surface area contributed by atoms with Crippen molar-refractivity contribution in [3.05, 3.63) is 34.1 Å². The fourth-order valence-corrected chi connectivity index (χ4v) is 1.44. The monoisotopic (exact) mass is 227 g/mol. The first kappa shape index (κ1) is 9.24. The van der Waals surface area contributed by atoms with Gasteiger partial charge in [-0.25, -0.2) is 4.39 Å². The molecule has 1 rings (SSSR count). The van der Waals surface area contributed by atoms with Crippen LogP contribution in [0.15, 0.2) is 22.7 Å². The molecule has 0 radical (unpaired) electrons. The van der Waals surface area contributed by atoms with E-state index in [0.717, 1.165) is 5.56 Å². The van der Waals surface area contributed by atoms with E-state index in [1.54, 1.807) is 6.07 Å². The third kappa shape index (κ3) is 1.84. The van der Waals surface area contributed by atoms with Gasteiger partial charge in [0.1, 0.15) is 5.82 Å². The molecule has 0 spiro atoms. The Bertz CT molecular complexity index is 330. The highest BCUT2D eigenvalue weighted by Gasteiger charge is 2.06. The SMILES string of the molecule is C#CC(N)c1ccc(F)cc1Br. The van der Waals surface area contributed by atoms with Crippen molar-refractivity contribution in [1.29, 1.82) is 0 Å². The standard InChI is InChI=1S/C9H7BrFN/c1-2-9(12)7-4-3-6(11)5-8(7)10/h1,3-5,9H,12H2. The van der Waals surface area contributed by atoms with Gasteiger partial charge in [0.05, 0.1) is 6.04 Å². The van der Waals surface area contributed by atoms with E-state index in [1.807, 2.05) is 0 Å². The molecule has 0 aliphatic heterocycles. The normalized spacial score (nSPS) is 12.2. The molecule has 0 aromatic heterocycles. The van der Waals surface area contributed by atoms with Crippen molar-refractivity contribution in [2.45, 2.75) is 6.04 Å². The molecule has 0 aliphatic carbocycles. The summed E-state index contributed by atoms with van der Waals surface area (Å²) in [7, 11) is 0. The Labute approximate surface area is 78.9 Å². The van der Waals surface area contributed by atoms with E-state index in [0.29, 0.717) is 4.47 Å². The highest BCUT2D eigenvalue weighted by Crippen LogP contribution is 2.22. The minimum absolute atomic E-state index is 0.310. The molecule has 0 amide bonds. The van der Waals surface area contributed by atoms with Gasteiger partial charge in [-0.15, -0.1) is 6.42 Å². The molecule has 0 fully saturated rings. The van der Waals surface area contributed by atoms with Crippen LogP contribution in [0.2, 0.25) is 0 Å². The second-order valence-electron chi connectivity index (χ2n) is 2.31. The van der Waals surface area contributed by atoms with Crippen LogP contribution in [0.25, 0.3) is 0 Å². The maximum atomic E-state index is 12.6. The zero-order valence-electron chi connectivity index (χ0n) is 6.22. The van der Waals surface area contributed by atoms with Gasteiger partial charge < -0.3 is 5.73 Å². The Morgan fingerprint density at radius 2 is 2.25 bits per heavy atom. The predicted octanol–water partition coefficient (Wildman–Crippen LogP) is 2.22. The lowest BCUT2D eigenvalue weighted by atomic mass is 10.1. The van der Waals surface area contributed by atoms with Crippen molar-refractivity contribution >= 4 is 15.9 Å². The number of halogens is 2. The first-order chi connectivity index (χ1) is 5.65. The molecule has 0 saturated heterocycles. The minimum atomic E-state index is -0.486. The third-order valence-electron chi connectivity index (χ3n) is 1.48. The van der Waals surface area contributed by atoms with E-state index >= 15 is 0 Å². The summed E-state index contributed by atoms with van der Waals surface area (Å²) in [4.78, 5) is 0. The van der Waals surface area contributed by atoms with Crippen LogP contribution in [-0.4, -0.2) is 0 Å². The number of terminal acetylenes is 1. The number of hydrogen-bond donors (Lipinski definition) is 1. The Morgan fingerprint density at radius 1 is 1.58 bits per heavy atom. The van der Waals surface area contributed by atoms with E-state index in [-0.39, 0.29) is 5.82 Å². The van der Waals surface area contributed by atoms with E-state index < -0.39 is 6.04 Å². The topological polar surface area (TPSA) is 26.0 Å². The number of benzene rings is 1. The fourth-order valence-electron chi connectivity index (χ4n) is 0.844. The smallest absolute Gasteiger partial charge is 0.124 e. The number of rotatable bonds is 1. The molecule has 1 nitrogen and oxygen atoms in total. The highest BCUT2D eigenvalue weighted by atomic mass is 79.9. The zero-order chi connectivity index (χ0) is 9.14. The van der Waals surface area contributed by atoms with Gasteiger partial charge in [-0.1, -0.05) is 27.9 Å². The number of nitrogens with two attached hydrogens (primary N) is 1. The molecule has 1 aromatic rings. The molecule has 1 atom stereocenters. The molecular weight excluding hydrogens is 221 g/mol. The molecule has 12 heavy (non-hydrogen) atoms. The fraction of sp³-hybridized carbons (Fsp3) is 0.111. The first-order valence-corrected chi connectivity index (χ1v) is 4.11. The maximum Gasteiger partial charge on any atom is 0.124 e. The molecule has 3 heteroatoms. The predicted molar refractivity (Wildman–Crippen MR) is 49.9 cm³/mol. The molecule has 1 aromatic carbocycles. The summed E-state index contributed by atoms with van der Waals surface area (Å²) in [5.41, 5.74) is 6.28. The Balaban J connectivity index is 3.11. The summed E-state index contributed by atoms with van der Waals surface area (Å²) < 4.78 is 13.2. The quantitative estimate of drug-likeness (QED) is 0.732. The van der Waals surface area contributed by atoms with Gasteiger partial charge in [0.25, 0.3) is 0 Å². The minimum Gasteiger partial charge on any atom is -0.314 e. The summed E-state index contributed by atoms with van der Waals surface area (Å²) in [5.74, 6) is 2.06. The summed E-state index contributed by atoms with van der Waals surface area (Å²) in [6.45, 7) is 0. The molecule has 0 aliphatic rings. The summed E-state index contributed by atoms with van der Waals surface area (Å²) >= 11 is 3.17. The van der Waals surface area contributed by atoms with Crippen molar-refractivity contribution in [3.63, 3.8) is 0 Å². The van der Waals surface area contributed by atoms with Crippen LogP contribution in [0.5, 0.6) is 0 Å².